The maximum atomic E-state index is 12.7. The van der Waals surface area contributed by atoms with Crippen LogP contribution in [0.1, 0.15) is 30.9 Å². The zero-order chi connectivity index (χ0) is 13.9. The minimum atomic E-state index is -0.0998. The van der Waals surface area contributed by atoms with Gasteiger partial charge < -0.3 is 15.0 Å². The van der Waals surface area contributed by atoms with Gasteiger partial charge in [-0.2, -0.15) is 0 Å². The van der Waals surface area contributed by atoms with E-state index in [-0.39, 0.29) is 24.1 Å². The number of hydrogen-bond donors (Lipinski definition) is 1. The number of ether oxygens (including phenoxy) is 1. The maximum absolute atomic E-state index is 12.7. The molecule has 0 saturated carbocycles. The van der Waals surface area contributed by atoms with Crippen molar-refractivity contribution in [1.29, 1.82) is 0 Å². The van der Waals surface area contributed by atoms with Crippen LogP contribution in [-0.4, -0.2) is 48.1 Å². The summed E-state index contributed by atoms with van der Waals surface area (Å²) in [5.74, 6) is 0.205. The fraction of sp³-hybridized carbons (Fsp3) is 0.600. The van der Waals surface area contributed by atoms with Crippen LogP contribution in [0.3, 0.4) is 0 Å². The highest BCUT2D eigenvalue weighted by molar-refractivity contribution is 5.83. The first-order valence-corrected chi connectivity index (χ1v) is 7.26. The summed E-state index contributed by atoms with van der Waals surface area (Å²) in [6.45, 7) is 1.60. The smallest absolute Gasteiger partial charge is 0.240 e. The molecule has 0 aromatic carbocycles. The van der Waals surface area contributed by atoms with E-state index in [4.69, 9.17) is 4.74 Å². The average molecular weight is 275 g/mol. The molecule has 0 spiro atoms. The van der Waals surface area contributed by atoms with Gasteiger partial charge in [-0.1, -0.05) is 6.07 Å². The minimum Gasteiger partial charge on any atom is -0.380 e. The molecule has 0 aliphatic carbocycles. The van der Waals surface area contributed by atoms with Crippen molar-refractivity contribution in [1.82, 2.24) is 15.2 Å². The summed E-state index contributed by atoms with van der Waals surface area (Å²) in [4.78, 5) is 18.9. The Morgan fingerprint density at radius 1 is 1.55 bits per heavy atom. The summed E-state index contributed by atoms with van der Waals surface area (Å²) < 4.78 is 5.32. The number of rotatable bonds is 3. The molecule has 1 N–H and O–H groups in total. The molecule has 0 radical (unpaired) electrons. The standard InChI is InChI=1S/C15H21N3O2/c1-20-12-8-13(17-10-12)15(19)18-7-3-5-14(18)11-4-2-6-16-9-11/h2,4,6,9,12-14,17H,3,5,7-8,10H2,1H3. The number of amides is 1. The van der Waals surface area contributed by atoms with E-state index in [1.807, 2.05) is 17.2 Å². The summed E-state index contributed by atoms with van der Waals surface area (Å²) in [5, 5.41) is 3.27. The van der Waals surface area contributed by atoms with Crippen molar-refractivity contribution in [3.63, 3.8) is 0 Å². The zero-order valence-corrected chi connectivity index (χ0v) is 11.8. The predicted molar refractivity (Wildman–Crippen MR) is 75.1 cm³/mol. The number of pyridine rings is 1. The molecule has 0 bridgehead atoms. The second-order valence-electron chi connectivity index (χ2n) is 5.53. The van der Waals surface area contributed by atoms with Crippen molar-refractivity contribution in [2.45, 2.75) is 37.5 Å². The first-order valence-electron chi connectivity index (χ1n) is 7.26. The number of aromatic nitrogens is 1. The molecule has 20 heavy (non-hydrogen) atoms. The van der Waals surface area contributed by atoms with Crippen molar-refractivity contribution in [3.8, 4) is 0 Å². The summed E-state index contributed by atoms with van der Waals surface area (Å²) >= 11 is 0. The Hall–Kier alpha value is -1.46. The molecule has 3 rings (SSSR count). The van der Waals surface area contributed by atoms with Gasteiger partial charge in [0.1, 0.15) is 0 Å². The molecule has 2 aliphatic rings. The Morgan fingerprint density at radius 3 is 3.15 bits per heavy atom. The van der Waals surface area contributed by atoms with Crippen LogP contribution in [-0.2, 0) is 9.53 Å². The third-order valence-corrected chi connectivity index (χ3v) is 4.33. The third kappa shape index (κ3) is 2.55. The van der Waals surface area contributed by atoms with Gasteiger partial charge in [0.2, 0.25) is 5.91 Å². The van der Waals surface area contributed by atoms with Crippen molar-refractivity contribution >= 4 is 5.91 Å². The summed E-state index contributed by atoms with van der Waals surface area (Å²) in [6, 6.07) is 4.07. The van der Waals surface area contributed by atoms with E-state index in [2.05, 4.69) is 16.4 Å². The van der Waals surface area contributed by atoms with Crippen LogP contribution < -0.4 is 5.32 Å². The number of nitrogens with one attached hydrogen (secondary N) is 1. The molecule has 2 saturated heterocycles. The Labute approximate surface area is 119 Å². The molecule has 1 aromatic rings. The molecule has 1 amide bonds. The number of carbonyl (C=O) groups excluding carboxylic acids is 1. The highest BCUT2D eigenvalue weighted by Gasteiger charge is 2.37. The first kappa shape index (κ1) is 13.5. The van der Waals surface area contributed by atoms with Crippen LogP contribution in [0, 0.1) is 0 Å². The molecular weight excluding hydrogens is 254 g/mol. The summed E-state index contributed by atoms with van der Waals surface area (Å²) in [6.07, 6.45) is 6.65. The lowest BCUT2D eigenvalue weighted by atomic mass is 10.1. The molecule has 3 heterocycles. The zero-order valence-electron chi connectivity index (χ0n) is 11.8. The average Bonchev–Trinajstić information content (AvgIpc) is 3.16. The molecule has 108 valence electrons. The largest absolute Gasteiger partial charge is 0.380 e. The Balaban J connectivity index is 1.71. The highest BCUT2D eigenvalue weighted by Crippen LogP contribution is 2.32. The van der Waals surface area contributed by atoms with E-state index >= 15 is 0 Å². The molecule has 5 nitrogen and oxygen atoms in total. The van der Waals surface area contributed by atoms with Crippen molar-refractivity contribution in [3.05, 3.63) is 30.1 Å². The van der Waals surface area contributed by atoms with Crippen molar-refractivity contribution < 1.29 is 9.53 Å². The fourth-order valence-corrected chi connectivity index (χ4v) is 3.22. The van der Waals surface area contributed by atoms with Gasteiger partial charge in [-0.25, -0.2) is 0 Å². The fourth-order valence-electron chi connectivity index (χ4n) is 3.22. The van der Waals surface area contributed by atoms with Gasteiger partial charge in [0.15, 0.2) is 0 Å². The van der Waals surface area contributed by atoms with Crippen LogP contribution >= 0.6 is 0 Å². The second-order valence-corrected chi connectivity index (χ2v) is 5.53. The molecule has 3 unspecified atom stereocenters. The molecule has 1 aromatic heterocycles. The van der Waals surface area contributed by atoms with E-state index < -0.39 is 0 Å². The summed E-state index contributed by atoms with van der Waals surface area (Å²) in [5.41, 5.74) is 1.14. The number of likely N-dealkylation sites (tertiary alicyclic amines) is 1. The summed E-state index contributed by atoms with van der Waals surface area (Å²) in [7, 11) is 1.70. The third-order valence-electron chi connectivity index (χ3n) is 4.33. The van der Waals surface area contributed by atoms with E-state index in [1.54, 1.807) is 13.3 Å². The van der Waals surface area contributed by atoms with Gasteiger partial charge in [-0.05, 0) is 30.9 Å². The molecule has 3 atom stereocenters. The Bertz CT molecular complexity index is 465. The topological polar surface area (TPSA) is 54.5 Å². The number of methoxy groups -OCH3 is 1. The van der Waals surface area contributed by atoms with Gasteiger partial charge in [0.25, 0.3) is 0 Å². The SMILES string of the molecule is COC1CNC(C(=O)N2CCCC2c2cccnc2)C1. The lowest BCUT2D eigenvalue weighted by Gasteiger charge is -2.27. The Kier molecular flexibility index (Phi) is 3.98. The highest BCUT2D eigenvalue weighted by atomic mass is 16.5. The van der Waals surface area contributed by atoms with E-state index in [1.165, 1.54) is 0 Å². The molecule has 5 heteroatoms. The monoisotopic (exact) mass is 275 g/mol. The predicted octanol–water partition coefficient (Wildman–Crippen LogP) is 1.12. The van der Waals surface area contributed by atoms with Gasteiger partial charge in [0.05, 0.1) is 18.2 Å². The van der Waals surface area contributed by atoms with Gasteiger partial charge in [0, 0.05) is 32.6 Å². The van der Waals surface area contributed by atoms with E-state index in [9.17, 15) is 4.79 Å². The quantitative estimate of drug-likeness (QED) is 0.898. The maximum Gasteiger partial charge on any atom is 0.240 e. The van der Waals surface area contributed by atoms with Crippen LogP contribution in [0.15, 0.2) is 24.5 Å². The molecule has 2 aliphatic heterocycles. The van der Waals surface area contributed by atoms with E-state index in [0.717, 1.165) is 37.9 Å². The number of nitrogens with zero attached hydrogens (tertiary/aromatic N) is 2. The number of hydrogen-bond acceptors (Lipinski definition) is 4. The van der Waals surface area contributed by atoms with Crippen LogP contribution in [0.2, 0.25) is 0 Å². The Morgan fingerprint density at radius 2 is 2.45 bits per heavy atom. The van der Waals surface area contributed by atoms with Crippen LogP contribution in [0.25, 0.3) is 0 Å². The van der Waals surface area contributed by atoms with Crippen LogP contribution in [0.5, 0.6) is 0 Å². The molecular formula is C15H21N3O2. The number of carbonyl (C=O) groups is 1. The normalized spacial score (nSPS) is 29.9. The van der Waals surface area contributed by atoms with Crippen LogP contribution in [0.4, 0.5) is 0 Å². The van der Waals surface area contributed by atoms with Crippen molar-refractivity contribution in [2.24, 2.45) is 0 Å². The second kappa shape index (κ2) is 5.89. The van der Waals surface area contributed by atoms with Gasteiger partial charge >= 0.3 is 0 Å². The lowest BCUT2D eigenvalue weighted by molar-refractivity contribution is -0.134. The lowest BCUT2D eigenvalue weighted by Crippen LogP contribution is -2.43. The van der Waals surface area contributed by atoms with Gasteiger partial charge in [-0.15, -0.1) is 0 Å². The van der Waals surface area contributed by atoms with E-state index in [0.29, 0.717) is 0 Å². The minimum absolute atomic E-state index is 0.0998. The molecule has 2 fully saturated rings. The van der Waals surface area contributed by atoms with Gasteiger partial charge in [-0.3, -0.25) is 9.78 Å². The van der Waals surface area contributed by atoms with Crippen molar-refractivity contribution in [2.75, 3.05) is 20.2 Å². The first-order chi connectivity index (χ1) is 9.79.